The molecule has 0 aliphatic heterocycles. The molecule has 0 saturated heterocycles. The molecule has 0 aromatic carbocycles. The van der Waals surface area contributed by atoms with Crippen molar-refractivity contribution < 1.29 is 33.3 Å². The summed E-state index contributed by atoms with van der Waals surface area (Å²) in [6.07, 6.45) is 2.48. The van der Waals surface area contributed by atoms with E-state index in [0.29, 0.717) is 29.4 Å². The van der Waals surface area contributed by atoms with Crippen molar-refractivity contribution in [3.8, 4) is 0 Å². The topological polar surface area (TPSA) is 113 Å². The van der Waals surface area contributed by atoms with Gasteiger partial charge in [0, 0.05) is 12.1 Å². The Morgan fingerprint density at radius 2 is 1.97 bits per heavy atom. The molecular weight excluding hydrogens is 404 g/mol. The molecule has 1 aromatic heterocycles. The minimum absolute atomic E-state index is 0.0786. The molecule has 0 unspecified atom stereocenters. The molecular formula is C22H28N2O7. The number of hydrogen-bond donors (Lipinski definition) is 1. The molecule has 2 rings (SSSR count). The summed E-state index contributed by atoms with van der Waals surface area (Å²) >= 11 is 0. The number of carbonyl (C=O) groups is 3. The van der Waals surface area contributed by atoms with Gasteiger partial charge in [0.05, 0.1) is 13.2 Å². The summed E-state index contributed by atoms with van der Waals surface area (Å²) in [4.78, 5) is 40.7. The summed E-state index contributed by atoms with van der Waals surface area (Å²) in [6.45, 7) is 8.70. The average Bonchev–Trinajstić information content (AvgIpc) is 3.55. The molecule has 0 bridgehead atoms. The molecule has 168 valence electrons. The van der Waals surface area contributed by atoms with Crippen LogP contribution in [0.3, 0.4) is 0 Å². The third-order valence-corrected chi connectivity index (χ3v) is 4.33. The van der Waals surface area contributed by atoms with Crippen LogP contribution in [0.2, 0.25) is 0 Å². The lowest BCUT2D eigenvalue weighted by Crippen LogP contribution is -2.27. The molecule has 0 radical (unpaired) electrons. The molecule has 0 atom stereocenters. The van der Waals surface area contributed by atoms with Gasteiger partial charge >= 0.3 is 12.1 Å². The molecule has 1 aliphatic rings. The van der Waals surface area contributed by atoms with E-state index in [-0.39, 0.29) is 23.4 Å². The summed E-state index contributed by atoms with van der Waals surface area (Å²) in [7, 11) is 1.47. The Kier molecular flexibility index (Phi) is 8.60. The minimum atomic E-state index is -0.961. The Morgan fingerprint density at radius 3 is 2.58 bits per heavy atom. The van der Waals surface area contributed by atoms with Gasteiger partial charge in [0.1, 0.15) is 11.5 Å². The normalized spacial score (nSPS) is 13.4. The quantitative estimate of drug-likeness (QED) is 0.259. The Labute approximate surface area is 181 Å². The van der Waals surface area contributed by atoms with Crippen LogP contribution in [-0.4, -0.2) is 49.6 Å². The summed E-state index contributed by atoms with van der Waals surface area (Å²) in [6, 6.07) is 3.12. The number of amides is 1. The fourth-order valence-electron chi connectivity index (χ4n) is 2.51. The fourth-order valence-corrected chi connectivity index (χ4v) is 2.51. The van der Waals surface area contributed by atoms with Crippen LogP contribution in [0.1, 0.15) is 60.2 Å². The minimum Gasteiger partial charge on any atom is -0.497 e. The van der Waals surface area contributed by atoms with E-state index in [1.54, 1.807) is 32.9 Å². The number of pyridine rings is 1. The fraction of sp³-hybridized carbons (Fsp3) is 0.455. The Morgan fingerprint density at radius 1 is 1.26 bits per heavy atom. The zero-order chi connectivity index (χ0) is 23.0. The SMILES string of the molecule is C=C(/C=C(\C)c1ccc(C(=O)NCC2CC2)nc1C(=O)OCOC(=O)OC(C)C)OC. The smallest absolute Gasteiger partial charge is 0.497 e. The largest absolute Gasteiger partial charge is 0.511 e. The van der Waals surface area contributed by atoms with Crippen LogP contribution >= 0.6 is 0 Å². The molecule has 1 aromatic rings. The highest BCUT2D eigenvalue weighted by molar-refractivity contribution is 5.97. The Balaban J connectivity index is 2.19. The lowest BCUT2D eigenvalue weighted by atomic mass is 10.0. The number of rotatable bonds is 10. The van der Waals surface area contributed by atoms with Gasteiger partial charge < -0.3 is 24.3 Å². The standard InChI is InChI=1S/C22H28N2O7/c1-13(2)31-22(27)30-12-29-21(26)19-17(14(3)10-15(4)28-5)8-9-18(24-19)20(25)23-11-16-6-7-16/h8-10,13,16H,4,6-7,11-12H2,1-3,5H3,(H,23,25)/b14-10+. The number of nitrogens with zero attached hydrogens (tertiary/aromatic N) is 1. The van der Waals surface area contributed by atoms with E-state index in [1.807, 2.05) is 0 Å². The Bertz CT molecular complexity index is 873. The predicted molar refractivity (Wildman–Crippen MR) is 112 cm³/mol. The maximum absolute atomic E-state index is 12.7. The lowest BCUT2D eigenvalue weighted by Gasteiger charge is -2.12. The number of nitrogens with one attached hydrogen (secondary N) is 1. The second kappa shape index (κ2) is 11.1. The van der Waals surface area contributed by atoms with Crippen LogP contribution in [0.5, 0.6) is 0 Å². The van der Waals surface area contributed by atoms with E-state index < -0.39 is 18.9 Å². The van der Waals surface area contributed by atoms with Crippen LogP contribution in [0.4, 0.5) is 4.79 Å². The molecule has 1 heterocycles. The number of esters is 1. The van der Waals surface area contributed by atoms with Crippen molar-refractivity contribution in [2.24, 2.45) is 5.92 Å². The van der Waals surface area contributed by atoms with Crippen LogP contribution in [-0.2, 0) is 18.9 Å². The van der Waals surface area contributed by atoms with Crippen LogP contribution in [0, 0.1) is 5.92 Å². The zero-order valence-electron chi connectivity index (χ0n) is 18.2. The first kappa shape index (κ1) is 23.9. The first-order valence-corrected chi connectivity index (χ1v) is 9.92. The molecule has 1 fully saturated rings. The van der Waals surface area contributed by atoms with Gasteiger partial charge in [0.25, 0.3) is 5.91 Å². The van der Waals surface area contributed by atoms with Gasteiger partial charge in [0.15, 0.2) is 5.69 Å². The molecule has 9 heteroatoms. The van der Waals surface area contributed by atoms with Gasteiger partial charge in [-0.25, -0.2) is 14.6 Å². The summed E-state index contributed by atoms with van der Waals surface area (Å²) < 4.78 is 19.6. The van der Waals surface area contributed by atoms with Crippen molar-refractivity contribution in [1.82, 2.24) is 10.3 Å². The van der Waals surface area contributed by atoms with Crippen molar-refractivity contribution in [2.45, 2.75) is 39.7 Å². The first-order chi connectivity index (χ1) is 14.7. The van der Waals surface area contributed by atoms with Crippen molar-refractivity contribution in [3.63, 3.8) is 0 Å². The molecule has 31 heavy (non-hydrogen) atoms. The maximum Gasteiger partial charge on any atom is 0.511 e. The first-order valence-electron chi connectivity index (χ1n) is 9.92. The highest BCUT2D eigenvalue weighted by Crippen LogP contribution is 2.27. The number of carbonyl (C=O) groups excluding carboxylic acids is 3. The highest BCUT2D eigenvalue weighted by atomic mass is 16.8. The van der Waals surface area contributed by atoms with E-state index in [0.717, 1.165) is 12.8 Å². The maximum atomic E-state index is 12.7. The van der Waals surface area contributed by atoms with Gasteiger partial charge in [-0.1, -0.05) is 6.58 Å². The van der Waals surface area contributed by atoms with Crippen molar-refractivity contribution >= 4 is 23.6 Å². The van der Waals surface area contributed by atoms with Crippen molar-refractivity contribution in [1.29, 1.82) is 0 Å². The molecule has 1 saturated carbocycles. The summed E-state index contributed by atoms with van der Waals surface area (Å²) in [5, 5.41) is 2.81. The van der Waals surface area contributed by atoms with Gasteiger partial charge in [-0.2, -0.15) is 0 Å². The predicted octanol–water partition coefficient (Wildman–Crippen LogP) is 3.46. The molecule has 0 spiro atoms. The molecule has 1 N–H and O–H groups in total. The number of hydrogen-bond acceptors (Lipinski definition) is 8. The van der Waals surface area contributed by atoms with E-state index in [2.05, 4.69) is 16.9 Å². The highest BCUT2D eigenvalue weighted by Gasteiger charge is 2.24. The Hall–Kier alpha value is -3.36. The molecule has 1 aliphatic carbocycles. The van der Waals surface area contributed by atoms with Crippen LogP contribution < -0.4 is 5.32 Å². The van der Waals surface area contributed by atoms with Gasteiger partial charge in [0.2, 0.25) is 6.79 Å². The number of methoxy groups -OCH3 is 1. The summed E-state index contributed by atoms with van der Waals surface area (Å²) in [5.41, 5.74) is 1.02. The number of ether oxygens (including phenoxy) is 4. The zero-order valence-corrected chi connectivity index (χ0v) is 18.2. The van der Waals surface area contributed by atoms with E-state index in [4.69, 9.17) is 18.9 Å². The second-order valence-electron chi connectivity index (χ2n) is 7.35. The number of aromatic nitrogens is 1. The molecule has 1 amide bonds. The van der Waals surface area contributed by atoms with Gasteiger partial charge in [-0.3, -0.25) is 4.79 Å². The third-order valence-electron chi connectivity index (χ3n) is 4.33. The number of allylic oxidation sites excluding steroid dienone is 2. The van der Waals surface area contributed by atoms with Gasteiger partial charge in [-0.15, -0.1) is 0 Å². The van der Waals surface area contributed by atoms with Crippen LogP contribution in [0.15, 0.2) is 30.5 Å². The molecule has 9 nitrogen and oxygen atoms in total. The van der Waals surface area contributed by atoms with E-state index >= 15 is 0 Å². The monoisotopic (exact) mass is 432 g/mol. The third kappa shape index (κ3) is 7.76. The van der Waals surface area contributed by atoms with Crippen molar-refractivity contribution in [3.05, 3.63) is 47.5 Å². The van der Waals surface area contributed by atoms with Gasteiger partial charge in [-0.05, 0) is 63.3 Å². The second-order valence-corrected chi connectivity index (χ2v) is 7.35. The summed E-state index contributed by atoms with van der Waals surface area (Å²) in [5.74, 6) is -0.365. The van der Waals surface area contributed by atoms with E-state index in [9.17, 15) is 14.4 Å². The van der Waals surface area contributed by atoms with Crippen LogP contribution in [0.25, 0.3) is 5.57 Å². The average molecular weight is 432 g/mol. The van der Waals surface area contributed by atoms with Crippen molar-refractivity contribution in [2.75, 3.05) is 20.4 Å². The lowest BCUT2D eigenvalue weighted by molar-refractivity contribution is -0.0348. The van der Waals surface area contributed by atoms with E-state index in [1.165, 1.54) is 13.2 Å².